The minimum Gasteiger partial charge on any atom is -0.493 e. The van der Waals surface area contributed by atoms with E-state index in [2.05, 4.69) is 11.9 Å². The lowest BCUT2D eigenvalue weighted by Gasteiger charge is -2.10. The molecule has 0 bridgehead atoms. The van der Waals surface area contributed by atoms with E-state index in [1.54, 1.807) is 30.3 Å². The van der Waals surface area contributed by atoms with Gasteiger partial charge in [-0.05, 0) is 30.3 Å². The lowest BCUT2D eigenvalue weighted by molar-refractivity contribution is -0.136. The summed E-state index contributed by atoms with van der Waals surface area (Å²) in [5.41, 5.74) is -0.748. The molecule has 154 valence electrons. The SMILES string of the molecule is C=CCNC(=O)c1cc2ccc(OC(=O)COc3ccccc3OC)cc2oc1=O. The zero-order valence-corrected chi connectivity index (χ0v) is 16.2. The second-order valence-electron chi connectivity index (χ2n) is 6.06. The molecule has 8 nitrogen and oxygen atoms in total. The fourth-order valence-electron chi connectivity index (χ4n) is 2.61. The number of rotatable bonds is 8. The van der Waals surface area contributed by atoms with Gasteiger partial charge in [-0.1, -0.05) is 18.2 Å². The molecule has 30 heavy (non-hydrogen) atoms. The topological polar surface area (TPSA) is 104 Å². The second kappa shape index (κ2) is 9.42. The van der Waals surface area contributed by atoms with Crippen LogP contribution < -0.4 is 25.2 Å². The number of hydrogen-bond acceptors (Lipinski definition) is 7. The average molecular weight is 409 g/mol. The number of methoxy groups -OCH3 is 1. The Bertz CT molecular complexity index is 1150. The highest BCUT2D eigenvalue weighted by Gasteiger charge is 2.14. The lowest BCUT2D eigenvalue weighted by Crippen LogP contribution is -2.28. The molecule has 3 rings (SSSR count). The van der Waals surface area contributed by atoms with Crippen LogP contribution in [0.3, 0.4) is 0 Å². The highest BCUT2D eigenvalue weighted by molar-refractivity contribution is 5.96. The third-order valence-electron chi connectivity index (χ3n) is 4.01. The zero-order chi connectivity index (χ0) is 21.5. The van der Waals surface area contributed by atoms with Crippen molar-refractivity contribution >= 4 is 22.8 Å². The Hall–Kier alpha value is -4.07. The Kier molecular flexibility index (Phi) is 6.49. The van der Waals surface area contributed by atoms with Gasteiger partial charge in [0.2, 0.25) is 0 Å². The van der Waals surface area contributed by atoms with Gasteiger partial charge in [0.1, 0.15) is 16.9 Å². The number of esters is 1. The molecule has 0 atom stereocenters. The summed E-state index contributed by atoms with van der Waals surface area (Å²) in [4.78, 5) is 36.2. The number of benzene rings is 2. The second-order valence-corrected chi connectivity index (χ2v) is 6.06. The molecule has 8 heteroatoms. The summed E-state index contributed by atoms with van der Waals surface area (Å²) < 4.78 is 21.0. The third kappa shape index (κ3) is 4.85. The normalized spacial score (nSPS) is 10.3. The number of hydrogen-bond donors (Lipinski definition) is 1. The highest BCUT2D eigenvalue weighted by Crippen LogP contribution is 2.26. The molecule has 0 radical (unpaired) electrons. The molecule has 0 aliphatic heterocycles. The smallest absolute Gasteiger partial charge is 0.349 e. The Morgan fingerprint density at radius 3 is 2.63 bits per heavy atom. The van der Waals surface area contributed by atoms with Crippen LogP contribution >= 0.6 is 0 Å². The molecule has 2 aromatic carbocycles. The molecule has 0 saturated carbocycles. The van der Waals surface area contributed by atoms with Crippen molar-refractivity contribution in [3.63, 3.8) is 0 Å². The molecule has 1 heterocycles. The van der Waals surface area contributed by atoms with Crippen LogP contribution in [0.1, 0.15) is 10.4 Å². The summed E-state index contributed by atoms with van der Waals surface area (Å²) >= 11 is 0. The van der Waals surface area contributed by atoms with E-state index >= 15 is 0 Å². The first-order valence-corrected chi connectivity index (χ1v) is 8.95. The molecule has 0 aliphatic carbocycles. The summed E-state index contributed by atoms with van der Waals surface area (Å²) in [6.07, 6.45) is 1.50. The van der Waals surface area contributed by atoms with Crippen LogP contribution in [0, 0.1) is 0 Å². The standard InChI is InChI=1S/C22H19NO7/c1-3-10-23-21(25)16-11-14-8-9-15(12-19(14)30-22(16)26)29-20(24)13-28-18-7-5-4-6-17(18)27-2/h3-9,11-12H,1,10,13H2,2H3,(H,23,25). The van der Waals surface area contributed by atoms with Gasteiger partial charge in [0, 0.05) is 18.0 Å². The molecule has 1 N–H and O–H groups in total. The van der Waals surface area contributed by atoms with Gasteiger partial charge in [-0.2, -0.15) is 0 Å². The molecular formula is C22H19NO7. The first-order chi connectivity index (χ1) is 14.5. The first kappa shape index (κ1) is 20.7. The quantitative estimate of drug-likeness (QED) is 0.264. The number of para-hydroxylation sites is 2. The van der Waals surface area contributed by atoms with Crippen LogP contribution in [0.2, 0.25) is 0 Å². The van der Waals surface area contributed by atoms with E-state index < -0.39 is 17.5 Å². The van der Waals surface area contributed by atoms with Crippen molar-refractivity contribution in [1.82, 2.24) is 5.32 Å². The Morgan fingerprint density at radius 2 is 1.90 bits per heavy atom. The lowest BCUT2D eigenvalue weighted by atomic mass is 10.1. The van der Waals surface area contributed by atoms with E-state index in [9.17, 15) is 14.4 Å². The molecule has 0 unspecified atom stereocenters. The van der Waals surface area contributed by atoms with Crippen molar-refractivity contribution in [2.75, 3.05) is 20.3 Å². The van der Waals surface area contributed by atoms with Crippen LogP contribution in [-0.4, -0.2) is 32.1 Å². The van der Waals surface area contributed by atoms with Gasteiger partial charge >= 0.3 is 11.6 Å². The number of carbonyl (C=O) groups excluding carboxylic acids is 2. The number of amides is 1. The molecule has 0 fully saturated rings. The van der Waals surface area contributed by atoms with Gasteiger partial charge in [0.05, 0.1) is 7.11 Å². The predicted octanol–water partition coefficient (Wildman–Crippen LogP) is 2.70. The van der Waals surface area contributed by atoms with E-state index in [4.69, 9.17) is 18.6 Å². The minimum absolute atomic E-state index is 0.126. The average Bonchev–Trinajstić information content (AvgIpc) is 2.75. The molecule has 0 aliphatic rings. The van der Waals surface area contributed by atoms with Crippen LogP contribution in [-0.2, 0) is 4.79 Å². The Labute approximate surface area is 171 Å². The van der Waals surface area contributed by atoms with Crippen molar-refractivity contribution in [2.24, 2.45) is 0 Å². The fraction of sp³-hybridized carbons (Fsp3) is 0.136. The van der Waals surface area contributed by atoms with Crippen molar-refractivity contribution in [1.29, 1.82) is 0 Å². The van der Waals surface area contributed by atoms with Gasteiger partial charge < -0.3 is 23.9 Å². The summed E-state index contributed by atoms with van der Waals surface area (Å²) in [5.74, 6) is -0.143. The maximum Gasteiger partial charge on any atom is 0.349 e. The predicted molar refractivity (Wildman–Crippen MR) is 109 cm³/mol. The maximum atomic E-state index is 12.1. The van der Waals surface area contributed by atoms with Crippen molar-refractivity contribution in [3.8, 4) is 17.2 Å². The van der Waals surface area contributed by atoms with E-state index in [0.29, 0.717) is 16.9 Å². The summed E-state index contributed by atoms with van der Waals surface area (Å²) in [5, 5.41) is 3.02. The monoisotopic (exact) mass is 409 g/mol. The van der Waals surface area contributed by atoms with Gasteiger partial charge in [-0.15, -0.1) is 6.58 Å². The van der Waals surface area contributed by atoms with E-state index in [1.165, 1.54) is 31.4 Å². The number of fused-ring (bicyclic) bond motifs is 1. The van der Waals surface area contributed by atoms with E-state index in [0.717, 1.165) is 0 Å². The van der Waals surface area contributed by atoms with Crippen LogP contribution in [0.5, 0.6) is 17.2 Å². The van der Waals surface area contributed by atoms with Gasteiger partial charge in [0.25, 0.3) is 5.91 Å². The Morgan fingerprint density at radius 1 is 1.13 bits per heavy atom. The molecule has 0 spiro atoms. The molecule has 1 aromatic heterocycles. The van der Waals surface area contributed by atoms with E-state index in [1.807, 2.05) is 0 Å². The zero-order valence-electron chi connectivity index (χ0n) is 16.2. The van der Waals surface area contributed by atoms with Crippen LogP contribution in [0.4, 0.5) is 0 Å². The first-order valence-electron chi connectivity index (χ1n) is 8.95. The molecule has 1 amide bonds. The van der Waals surface area contributed by atoms with Crippen molar-refractivity contribution in [2.45, 2.75) is 0 Å². The van der Waals surface area contributed by atoms with Gasteiger partial charge in [-0.3, -0.25) is 4.79 Å². The third-order valence-corrected chi connectivity index (χ3v) is 4.01. The van der Waals surface area contributed by atoms with Crippen LogP contribution in [0.15, 0.2) is 70.4 Å². The summed E-state index contributed by atoms with van der Waals surface area (Å²) in [7, 11) is 1.50. The number of ether oxygens (including phenoxy) is 3. The van der Waals surface area contributed by atoms with Gasteiger partial charge in [0.15, 0.2) is 18.1 Å². The molecular weight excluding hydrogens is 390 g/mol. The van der Waals surface area contributed by atoms with Gasteiger partial charge in [-0.25, -0.2) is 9.59 Å². The van der Waals surface area contributed by atoms with Crippen molar-refractivity contribution in [3.05, 3.63) is 77.2 Å². The molecule has 0 saturated heterocycles. The highest BCUT2D eigenvalue weighted by atomic mass is 16.6. The number of carbonyl (C=O) groups is 2. The molecule has 3 aromatic rings. The van der Waals surface area contributed by atoms with Crippen molar-refractivity contribution < 1.29 is 28.2 Å². The van der Waals surface area contributed by atoms with Crippen LogP contribution in [0.25, 0.3) is 11.0 Å². The minimum atomic E-state index is -0.799. The van der Waals surface area contributed by atoms with E-state index in [-0.39, 0.29) is 30.0 Å². The fourth-order valence-corrected chi connectivity index (χ4v) is 2.61. The maximum absolute atomic E-state index is 12.1. The largest absolute Gasteiger partial charge is 0.493 e. The Balaban J connectivity index is 1.71. The summed E-state index contributed by atoms with van der Waals surface area (Å²) in [6, 6.07) is 12.8. The summed E-state index contributed by atoms with van der Waals surface area (Å²) in [6.45, 7) is 3.38. The number of nitrogens with one attached hydrogen (secondary N) is 1.